The Balaban J connectivity index is 1.69. The first-order chi connectivity index (χ1) is 13.8. The van der Waals surface area contributed by atoms with Crippen molar-refractivity contribution in [1.82, 2.24) is 5.32 Å². The molecule has 29 heavy (non-hydrogen) atoms. The van der Waals surface area contributed by atoms with E-state index in [9.17, 15) is 13.2 Å². The number of amides is 1. The summed E-state index contributed by atoms with van der Waals surface area (Å²) < 4.78 is 27.3. The highest BCUT2D eigenvalue weighted by molar-refractivity contribution is 7.92. The Hall–Kier alpha value is -3.12. The van der Waals surface area contributed by atoms with E-state index in [0.717, 1.165) is 11.1 Å². The van der Waals surface area contributed by atoms with Crippen LogP contribution in [0.2, 0.25) is 0 Å². The van der Waals surface area contributed by atoms with Crippen molar-refractivity contribution < 1.29 is 13.2 Å². The minimum atomic E-state index is -3.66. The number of carbonyl (C=O) groups excluding carboxylic acids is 1. The summed E-state index contributed by atoms with van der Waals surface area (Å²) in [7, 11) is -3.66. The van der Waals surface area contributed by atoms with Crippen molar-refractivity contribution in [3.05, 3.63) is 95.1 Å². The molecular formula is C23H24N2O3S. The molecule has 3 aromatic rings. The minimum Gasteiger partial charge on any atom is -0.346 e. The summed E-state index contributed by atoms with van der Waals surface area (Å²) in [5.41, 5.74) is 4.23. The van der Waals surface area contributed by atoms with Crippen LogP contribution in [0.15, 0.2) is 77.7 Å². The van der Waals surface area contributed by atoms with E-state index >= 15 is 0 Å². The average molecular weight is 409 g/mol. The monoisotopic (exact) mass is 408 g/mol. The van der Waals surface area contributed by atoms with E-state index in [4.69, 9.17) is 0 Å². The van der Waals surface area contributed by atoms with Crippen molar-refractivity contribution >= 4 is 21.6 Å². The van der Waals surface area contributed by atoms with Crippen LogP contribution in [-0.2, 0) is 10.0 Å². The van der Waals surface area contributed by atoms with Crippen LogP contribution >= 0.6 is 0 Å². The van der Waals surface area contributed by atoms with Crippen molar-refractivity contribution in [2.45, 2.75) is 31.7 Å². The number of benzene rings is 3. The predicted octanol–water partition coefficient (Wildman–Crippen LogP) is 4.60. The summed E-state index contributed by atoms with van der Waals surface area (Å²) in [5, 5.41) is 2.99. The number of anilines is 1. The molecule has 5 nitrogen and oxygen atoms in total. The maximum atomic E-state index is 12.6. The molecule has 0 aliphatic heterocycles. The number of rotatable bonds is 6. The second-order valence-electron chi connectivity index (χ2n) is 7.05. The van der Waals surface area contributed by atoms with Gasteiger partial charge in [0.2, 0.25) is 0 Å². The highest BCUT2D eigenvalue weighted by Crippen LogP contribution is 2.20. The van der Waals surface area contributed by atoms with Gasteiger partial charge in [0.15, 0.2) is 0 Å². The maximum Gasteiger partial charge on any atom is 0.261 e. The van der Waals surface area contributed by atoms with E-state index in [0.29, 0.717) is 11.3 Å². The Labute approximate surface area is 171 Å². The van der Waals surface area contributed by atoms with Crippen LogP contribution in [0, 0.1) is 13.8 Å². The van der Waals surface area contributed by atoms with Gasteiger partial charge in [0.1, 0.15) is 0 Å². The molecule has 0 saturated heterocycles. The van der Waals surface area contributed by atoms with E-state index in [-0.39, 0.29) is 16.8 Å². The highest BCUT2D eigenvalue weighted by Gasteiger charge is 2.15. The molecule has 3 rings (SSSR count). The van der Waals surface area contributed by atoms with E-state index in [1.54, 1.807) is 42.5 Å². The van der Waals surface area contributed by atoms with Crippen LogP contribution < -0.4 is 10.0 Å². The van der Waals surface area contributed by atoms with Gasteiger partial charge < -0.3 is 5.32 Å². The average Bonchev–Trinajstić information content (AvgIpc) is 2.68. The molecule has 3 aromatic carbocycles. The fourth-order valence-electron chi connectivity index (χ4n) is 3.17. The third kappa shape index (κ3) is 5.03. The summed E-state index contributed by atoms with van der Waals surface area (Å²) in [5.74, 6) is -0.213. The van der Waals surface area contributed by atoms with Gasteiger partial charge in [-0.2, -0.15) is 0 Å². The van der Waals surface area contributed by atoms with Gasteiger partial charge in [-0.3, -0.25) is 9.52 Å². The molecule has 1 amide bonds. The largest absolute Gasteiger partial charge is 0.346 e. The van der Waals surface area contributed by atoms with Gasteiger partial charge in [0.25, 0.3) is 15.9 Å². The number of carbonyl (C=O) groups is 1. The molecule has 0 aromatic heterocycles. The Kier molecular flexibility index (Phi) is 6.03. The van der Waals surface area contributed by atoms with E-state index in [2.05, 4.69) is 16.1 Å². The van der Waals surface area contributed by atoms with Gasteiger partial charge in [0, 0.05) is 11.3 Å². The first-order valence-electron chi connectivity index (χ1n) is 9.32. The van der Waals surface area contributed by atoms with Gasteiger partial charge >= 0.3 is 0 Å². The van der Waals surface area contributed by atoms with Crippen LogP contribution in [0.3, 0.4) is 0 Å². The van der Waals surface area contributed by atoms with Gasteiger partial charge in [-0.25, -0.2) is 8.42 Å². The number of sulfonamides is 1. The van der Waals surface area contributed by atoms with Crippen molar-refractivity contribution in [3.8, 4) is 0 Å². The smallest absolute Gasteiger partial charge is 0.261 e. The Bertz CT molecular complexity index is 1110. The molecule has 0 fully saturated rings. The lowest BCUT2D eigenvalue weighted by atomic mass is 10.00. The zero-order valence-corrected chi connectivity index (χ0v) is 17.5. The van der Waals surface area contributed by atoms with Gasteiger partial charge in [-0.1, -0.05) is 42.0 Å². The summed E-state index contributed by atoms with van der Waals surface area (Å²) in [6.07, 6.45) is 0. The number of hydrogen-bond donors (Lipinski definition) is 2. The molecule has 0 aliphatic rings. The third-order valence-corrected chi connectivity index (χ3v) is 6.09. The summed E-state index contributed by atoms with van der Waals surface area (Å²) in [6, 6.07) is 20.5. The molecule has 6 heteroatoms. The zero-order valence-electron chi connectivity index (χ0n) is 16.6. The number of nitrogens with one attached hydrogen (secondary N) is 2. The molecule has 150 valence electrons. The third-order valence-electron chi connectivity index (χ3n) is 4.69. The van der Waals surface area contributed by atoms with E-state index in [1.807, 2.05) is 32.9 Å². The van der Waals surface area contributed by atoms with Crippen LogP contribution in [0.25, 0.3) is 0 Å². The van der Waals surface area contributed by atoms with Crippen molar-refractivity contribution in [1.29, 1.82) is 0 Å². The van der Waals surface area contributed by atoms with Crippen LogP contribution in [-0.4, -0.2) is 14.3 Å². The molecule has 0 aliphatic carbocycles. The van der Waals surface area contributed by atoms with Crippen LogP contribution in [0.5, 0.6) is 0 Å². The van der Waals surface area contributed by atoms with Gasteiger partial charge in [-0.05, 0) is 68.3 Å². The normalized spacial score (nSPS) is 12.2. The molecule has 0 heterocycles. The lowest BCUT2D eigenvalue weighted by Gasteiger charge is -2.17. The quantitative estimate of drug-likeness (QED) is 0.626. The molecule has 0 saturated carbocycles. The molecular weight excluding hydrogens is 384 g/mol. The summed E-state index contributed by atoms with van der Waals surface area (Å²) >= 11 is 0. The van der Waals surface area contributed by atoms with Gasteiger partial charge in [-0.15, -0.1) is 0 Å². The number of hydrogen-bond acceptors (Lipinski definition) is 3. The fourth-order valence-corrected chi connectivity index (χ4v) is 4.25. The lowest BCUT2D eigenvalue weighted by molar-refractivity contribution is 0.0940. The zero-order chi connectivity index (χ0) is 21.0. The molecule has 0 spiro atoms. The van der Waals surface area contributed by atoms with Gasteiger partial charge in [0.05, 0.1) is 10.9 Å². The van der Waals surface area contributed by atoms with E-state index in [1.165, 1.54) is 17.7 Å². The predicted molar refractivity (Wildman–Crippen MR) is 115 cm³/mol. The number of aryl methyl sites for hydroxylation is 2. The summed E-state index contributed by atoms with van der Waals surface area (Å²) in [6.45, 7) is 6.00. The Morgan fingerprint density at radius 3 is 2.17 bits per heavy atom. The van der Waals surface area contributed by atoms with Crippen molar-refractivity contribution in [3.63, 3.8) is 0 Å². The molecule has 1 atom stereocenters. The van der Waals surface area contributed by atoms with Crippen LogP contribution in [0.1, 0.15) is 40.0 Å². The lowest BCUT2D eigenvalue weighted by Crippen LogP contribution is -2.27. The summed E-state index contributed by atoms with van der Waals surface area (Å²) in [4.78, 5) is 12.8. The highest BCUT2D eigenvalue weighted by atomic mass is 32.2. The Morgan fingerprint density at radius 2 is 1.55 bits per heavy atom. The standard InChI is InChI=1S/C23H24N2O3S/c1-16-9-14-22(17(2)15-16)18(3)24-23(26)19-10-12-20(13-11-19)25-29(27,28)21-7-5-4-6-8-21/h4-15,18,25H,1-3H3,(H,24,26)/t18-/m1/s1. The molecule has 0 bridgehead atoms. The van der Waals surface area contributed by atoms with E-state index < -0.39 is 10.0 Å². The molecule has 0 unspecified atom stereocenters. The second-order valence-corrected chi connectivity index (χ2v) is 8.73. The maximum absolute atomic E-state index is 12.6. The fraction of sp³-hybridized carbons (Fsp3) is 0.174. The Morgan fingerprint density at radius 1 is 0.897 bits per heavy atom. The first-order valence-corrected chi connectivity index (χ1v) is 10.8. The van der Waals surface area contributed by atoms with Crippen molar-refractivity contribution in [2.24, 2.45) is 0 Å². The van der Waals surface area contributed by atoms with Crippen molar-refractivity contribution in [2.75, 3.05) is 4.72 Å². The second kappa shape index (κ2) is 8.49. The topological polar surface area (TPSA) is 75.3 Å². The SMILES string of the molecule is Cc1ccc([C@@H](C)NC(=O)c2ccc(NS(=O)(=O)c3ccccc3)cc2)c(C)c1. The van der Waals surface area contributed by atoms with Crippen LogP contribution in [0.4, 0.5) is 5.69 Å². The molecule has 0 radical (unpaired) electrons. The first kappa shape index (κ1) is 20.6. The molecule has 2 N–H and O–H groups in total. The minimum absolute atomic E-state index is 0.139.